The van der Waals surface area contributed by atoms with E-state index in [1.54, 1.807) is 4.90 Å². The van der Waals surface area contributed by atoms with Gasteiger partial charge in [-0.2, -0.15) is 0 Å². The smallest absolute Gasteiger partial charge is 0.254 e. The second-order valence-corrected chi connectivity index (χ2v) is 3.31. The molecule has 0 radical (unpaired) electrons. The SMILES string of the molecule is CC1CN1C(=O)c1ccc(F)cc1. The Balaban J connectivity index is 2.17. The molecule has 1 aliphatic heterocycles. The maximum atomic E-state index is 12.5. The third kappa shape index (κ3) is 1.54. The fourth-order valence-electron chi connectivity index (χ4n) is 1.28. The molecule has 1 fully saturated rings. The number of benzene rings is 1. The van der Waals surface area contributed by atoms with E-state index in [1.165, 1.54) is 24.3 Å². The molecule has 0 bridgehead atoms. The lowest BCUT2D eigenvalue weighted by molar-refractivity contribution is 0.0876. The first-order valence-electron chi connectivity index (χ1n) is 4.25. The first kappa shape index (κ1) is 8.23. The van der Waals surface area contributed by atoms with E-state index in [4.69, 9.17) is 0 Å². The summed E-state index contributed by atoms with van der Waals surface area (Å²) < 4.78 is 12.5. The van der Waals surface area contributed by atoms with Crippen molar-refractivity contribution in [1.29, 1.82) is 0 Å². The van der Waals surface area contributed by atoms with Crippen LogP contribution in [0.3, 0.4) is 0 Å². The van der Waals surface area contributed by atoms with Gasteiger partial charge >= 0.3 is 0 Å². The molecule has 0 saturated carbocycles. The summed E-state index contributed by atoms with van der Waals surface area (Å²) in [6, 6.07) is 5.99. The molecule has 1 aliphatic rings. The highest BCUT2D eigenvalue weighted by molar-refractivity contribution is 5.95. The van der Waals surface area contributed by atoms with Crippen LogP contribution in [-0.2, 0) is 0 Å². The van der Waals surface area contributed by atoms with E-state index in [0.29, 0.717) is 11.6 Å². The average Bonchev–Trinajstić information content (AvgIpc) is 2.83. The van der Waals surface area contributed by atoms with E-state index in [9.17, 15) is 9.18 Å². The highest BCUT2D eigenvalue weighted by atomic mass is 19.1. The van der Waals surface area contributed by atoms with Gasteiger partial charge in [-0.3, -0.25) is 4.79 Å². The molecule has 68 valence electrons. The molecule has 2 nitrogen and oxygen atoms in total. The normalized spacial score (nSPS) is 20.2. The van der Waals surface area contributed by atoms with Crippen molar-refractivity contribution in [1.82, 2.24) is 4.90 Å². The van der Waals surface area contributed by atoms with Crippen LogP contribution in [0.4, 0.5) is 4.39 Å². The van der Waals surface area contributed by atoms with E-state index in [-0.39, 0.29) is 11.7 Å². The zero-order valence-electron chi connectivity index (χ0n) is 7.33. The molecule has 1 heterocycles. The predicted molar refractivity (Wildman–Crippen MR) is 46.9 cm³/mol. The van der Waals surface area contributed by atoms with Crippen molar-refractivity contribution in [2.45, 2.75) is 13.0 Å². The third-order valence-corrected chi connectivity index (χ3v) is 2.21. The van der Waals surface area contributed by atoms with Crippen LogP contribution in [0.1, 0.15) is 17.3 Å². The molecule has 0 aliphatic carbocycles. The Hall–Kier alpha value is -1.38. The van der Waals surface area contributed by atoms with Crippen LogP contribution < -0.4 is 0 Å². The van der Waals surface area contributed by atoms with Crippen LogP contribution in [0.5, 0.6) is 0 Å². The first-order valence-corrected chi connectivity index (χ1v) is 4.25. The average molecular weight is 179 g/mol. The van der Waals surface area contributed by atoms with Gasteiger partial charge in [0.2, 0.25) is 0 Å². The van der Waals surface area contributed by atoms with Crippen molar-refractivity contribution in [3.8, 4) is 0 Å². The Bertz CT molecular complexity index is 333. The molecule has 2 rings (SSSR count). The van der Waals surface area contributed by atoms with Crippen molar-refractivity contribution in [2.24, 2.45) is 0 Å². The monoisotopic (exact) mass is 179 g/mol. The van der Waals surface area contributed by atoms with Crippen LogP contribution in [-0.4, -0.2) is 23.4 Å². The Morgan fingerprint density at radius 1 is 1.46 bits per heavy atom. The number of carbonyl (C=O) groups is 1. The number of nitrogens with zero attached hydrogens (tertiary/aromatic N) is 1. The van der Waals surface area contributed by atoms with E-state index >= 15 is 0 Å². The summed E-state index contributed by atoms with van der Waals surface area (Å²) in [5, 5.41) is 0. The first-order chi connectivity index (χ1) is 6.18. The van der Waals surface area contributed by atoms with Crippen molar-refractivity contribution in [3.63, 3.8) is 0 Å². The summed E-state index contributed by atoms with van der Waals surface area (Å²) in [6.07, 6.45) is 0. The van der Waals surface area contributed by atoms with Crippen molar-refractivity contribution in [3.05, 3.63) is 35.6 Å². The van der Waals surface area contributed by atoms with Crippen LogP contribution in [0.2, 0.25) is 0 Å². The molecule has 3 heteroatoms. The molecule has 0 spiro atoms. The highest BCUT2D eigenvalue weighted by Gasteiger charge is 2.34. The number of hydrogen-bond donors (Lipinski definition) is 0. The van der Waals surface area contributed by atoms with Gasteiger partial charge in [0.15, 0.2) is 0 Å². The molecule has 0 aromatic heterocycles. The number of amides is 1. The van der Waals surface area contributed by atoms with Crippen LogP contribution in [0, 0.1) is 5.82 Å². The van der Waals surface area contributed by atoms with Gasteiger partial charge in [-0.15, -0.1) is 0 Å². The van der Waals surface area contributed by atoms with Crippen molar-refractivity contribution < 1.29 is 9.18 Å². The van der Waals surface area contributed by atoms with Gasteiger partial charge < -0.3 is 4.90 Å². The summed E-state index contributed by atoms with van der Waals surface area (Å²) in [7, 11) is 0. The van der Waals surface area contributed by atoms with Crippen LogP contribution in [0.15, 0.2) is 24.3 Å². The van der Waals surface area contributed by atoms with Gasteiger partial charge in [0.05, 0.1) is 0 Å². The van der Waals surface area contributed by atoms with E-state index in [0.717, 1.165) is 6.54 Å². The molecular weight excluding hydrogens is 169 g/mol. The molecule has 1 aromatic rings. The Morgan fingerprint density at radius 2 is 2.00 bits per heavy atom. The summed E-state index contributed by atoms with van der Waals surface area (Å²) in [5.74, 6) is -0.317. The van der Waals surface area contributed by atoms with Gasteiger partial charge in [-0.25, -0.2) is 4.39 Å². The zero-order chi connectivity index (χ0) is 9.42. The van der Waals surface area contributed by atoms with Crippen molar-refractivity contribution in [2.75, 3.05) is 6.54 Å². The summed E-state index contributed by atoms with van der Waals surface area (Å²) in [6.45, 7) is 2.80. The maximum Gasteiger partial charge on any atom is 0.254 e. The molecule has 1 unspecified atom stereocenters. The number of rotatable bonds is 1. The standard InChI is InChI=1S/C10H10FNO/c1-7-6-12(7)10(13)8-2-4-9(11)5-3-8/h2-5,7H,6H2,1H3. The highest BCUT2D eigenvalue weighted by Crippen LogP contribution is 2.20. The summed E-state index contributed by atoms with van der Waals surface area (Å²) in [5.41, 5.74) is 0.561. The topological polar surface area (TPSA) is 20.1 Å². The largest absolute Gasteiger partial charge is 0.332 e. The second-order valence-electron chi connectivity index (χ2n) is 3.31. The molecule has 13 heavy (non-hydrogen) atoms. The second kappa shape index (κ2) is 2.83. The molecule has 1 atom stereocenters. The van der Waals surface area contributed by atoms with Gasteiger partial charge in [0, 0.05) is 18.2 Å². The molecule has 1 saturated heterocycles. The Morgan fingerprint density at radius 3 is 2.46 bits per heavy atom. The summed E-state index contributed by atoms with van der Waals surface area (Å²) >= 11 is 0. The number of hydrogen-bond acceptors (Lipinski definition) is 1. The predicted octanol–water partition coefficient (Wildman–Crippen LogP) is 1.67. The van der Waals surface area contributed by atoms with Gasteiger partial charge in [-0.1, -0.05) is 0 Å². The van der Waals surface area contributed by atoms with Crippen LogP contribution in [0.25, 0.3) is 0 Å². The number of carbonyl (C=O) groups excluding carboxylic acids is 1. The lowest BCUT2D eigenvalue weighted by atomic mass is 10.2. The lowest BCUT2D eigenvalue weighted by Crippen LogP contribution is -2.12. The Labute approximate surface area is 76.0 Å². The lowest BCUT2D eigenvalue weighted by Gasteiger charge is -2.01. The molecule has 1 amide bonds. The van der Waals surface area contributed by atoms with Gasteiger partial charge in [0.1, 0.15) is 5.82 Å². The zero-order valence-corrected chi connectivity index (χ0v) is 7.33. The quantitative estimate of drug-likeness (QED) is 0.600. The molecule has 1 aromatic carbocycles. The van der Waals surface area contributed by atoms with Gasteiger partial charge in [0.25, 0.3) is 5.91 Å². The van der Waals surface area contributed by atoms with E-state index < -0.39 is 0 Å². The minimum Gasteiger partial charge on any atom is -0.332 e. The number of halogens is 1. The van der Waals surface area contributed by atoms with E-state index in [2.05, 4.69) is 0 Å². The minimum absolute atomic E-state index is 0.00694. The third-order valence-electron chi connectivity index (χ3n) is 2.21. The fourth-order valence-corrected chi connectivity index (χ4v) is 1.28. The summed E-state index contributed by atoms with van der Waals surface area (Å²) in [4.78, 5) is 13.3. The minimum atomic E-state index is -0.310. The maximum absolute atomic E-state index is 12.5. The Kier molecular flexibility index (Phi) is 1.79. The van der Waals surface area contributed by atoms with E-state index in [1.807, 2.05) is 6.92 Å². The molecular formula is C10H10FNO. The van der Waals surface area contributed by atoms with Crippen molar-refractivity contribution >= 4 is 5.91 Å². The van der Waals surface area contributed by atoms with Gasteiger partial charge in [-0.05, 0) is 31.2 Å². The fraction of sp³-hybridized carbons (Fsp3) is 0.300. The molecule has 0 N–H and O–H groups in total. The van der Waals surface area contributed by atoms with Crippen LogP contribution >= 0.6 is 0 Å².